The highest BCUT2D eigenvalue weighted by atomic mass is 32.2. The minimum absolute atomic E-state index is 0.743. The average molecular weight is 187 g/mol. The van der Waals surface area contributed by atoms with Crippen LogP contribution in [0.5, 0.6) is 0 Å². The Morgan fingerprint density at radius 1 is 1.25 bits per heavy atom. The third-order valence-electron chi connectivity index (χ3n) is 1.01. The first-order valence-corrected chi connectivity index (χ1v) is 4.40. The van der Waals surface area contributed by atoms with Crippen molar-refractivity contribution in [2.75, 3.05) is 0 Å². The molecule has 0 saturated carbocycles. The molecule has 0 aliphatic rings. The summed E-state index contributed by atoms with van der Waals surface area (Å²) >= 11 is 0. The molecule has 0 unspecified atom stereocenters. The van der Waals surface area contributed by atoms with Crippen LogP contribution in [0.2, 0.25) is 0 Å². The first kappa shape index (κ1) is 8.75. The van der Waals surface area contributed by atoms with Crippen LogP contribution < -0.4 is 10.7 Å². The summed E-state index contributed by atoms with van der Waals surface area (Å²) in [6.45, 7) is 0. The normalized spacial score (nSPS) is 11.1. The number of primary sulfonamides is 1. The molecule has 1 aromatic rings. The second kappa shape index (κ2) is 2.95. The Hall–Kier alpha value is -1.34. The second-order valence-electron chi connectivity index (χ2n) is 1.90. The molecule has 2 N–H and O–H groups in total. The molecule has 0 bridgehead atoms. The van der Waals surface area contributed by atoms with Crippen LogP contribution >= 0.6 is 0 Å². The maximum Gasteiger partial charge on any atom is 0.308 e. The average Bonchev–Trinajstić information content (AvgIpc) is 2.11. The van der Waals surface area contributed by atoms with E-state index in [2.05, 4.69) is 15.1 Å². The van der Waals surface area contributed by atoms with Crippen molar-refractivity contribution in [2.24, 2.45) is 5.14 Å². The zero-order chi connectivity index (χ0) is 9.19. The summed E-state index contributed by atoms with van der Waals surface area (Å²) in [7, 11) is -4.06. The van der Waals surface area contributed by atoms with E-state index in [0.717, 1.165) is 12.4 Å². The molecule has 1 aromatic heterocycles. The predicted octanol–water partition coefficient (Wildman–Crippen LogP) is -1.52. The molecule has 1 rings (SSSR count). The van der Waals surface area contributed by atoms with E-state index in [4.69, 9.17) is 0 Å². The molecule has 7 heteroatoms. The topological polar surface area (TPSA) is 103 Å². The third kappa shape index (κ3) is 1.83. The molecule has 0 saturated heterocycles. The van der Waals surface area contributed by atoms with Gasteiger partial charge in [-0.3, -0.25) is 4.79 Å². The maximum atomic E-state index is 10.8. The van der Waals surface area contributed by atoms with Crippen LogP contribution in [0.4, 0.5) is 0 Å². The van der Waals surface area contributed by atoms with E-state index >= 15 is 0 Å². The number of aromatic nitrogens is 2. The van der Waals surface area contributed by atoms with Crippen molar-refractivity contribution in [1.29, 1.82) is 0 Å². The fraction of sp³-hybridized carbons (Fsp3) is 0. The van der Waals surface area contributed by atoms with Crippen LogP contribution in [0.1, 0.15) is 0 Å². The Balaban J connectivity index is 3.60. The Kier molecular flexibility index (Phi) is 2.15. The summed E-state index contributed by atoms with van der Waals surface area (Å²) in [5, 5.41) is 3.94. The van der Waals surface area contributed by atoms with E-state index in [1.165, 1.54) is 6.07 Å². The molecule has 0 amide bonds. The fourth-order valence-electron chi connectivity index (χ4n) is 0.566. The van der Waals surface area contributed by atoms with Gasteiger partial charge in [0.05, 0.1) is 0 Å². The number of nitrogens with two attached hydrogens (primary N) is 1. The van der Waals surface area contributed by atoms with Crippen LogP contribution in [0.15, 0.2) is 28.3 Å². The number of nitrogens with zero attached hydrogens (tertiary/aromatic N) is 2. The molecule has 6 nitrogen and oxygen atoms in total. The Bertz CT molecular complexity index is 442. The van der Waals surface area contributed by atoms with E-state index in [-0.39, 0.29) is 0 Å². The van der Waals surface area contributed by atoms with Gasteiger partial charge in [0.1, 0.15) is 0 Å². The summed E-state index contributed by atoms with van der Waals surface area (Å²) in [4.78, 5) is 17.4. The van der Waals surface area contributed by atoms with Gasteiger partial charge in [0.15, 0.2) is 0 Å². The number of hydrogen-bond donors (Lipinski definition) is 1. The summed E-state index contributed by atoms with van der Waals surface area (Å²) in [5.74, 6) is 0. The van der Waals surface area contributed by atoms with Crippen molar-refractivity contribution in [3.63, 3.8) is 0 Å². The van der Waals surface area contributed by atoms with E-state index < -0.39 is 20.6 Å². The summed E-state index contributed by atoms with van der Waals surface area (Å²) in [5.41, 5.74) is -0.956. The largest absolute Gasteiger partial charge is 0.308 e. The fourth-order valence-corrected chi connectivity index (χ4v) is 1.07. The van der Waals surface area contributed by atoms with Gasteiger partial charge in [-0.05, 0) is 6.07 Å². The molecule has 0 spiro atoms. The van der Waals surface area contributed by atoms with Crippen LogP contribution in [0.25, 0.3) is 0 Å². The monoisotopic (exact) mass is 187 g/mol. The lowest BCUT2D eigenvalue weighted by atomic mass is 10.7. The van der Waals surface area contributed by atoms with Gasteiger partial charge in [-0.15, -0.1) is 0 Å². The molecule has 12 heavy (non-hydrogen) atoms. The summed E-state index contributed by atoms with van der Waals surface area (Å²) in [6.07, 6.45) is 2.28. The Morgan fingerprint density at radius 3 is 2.42 bits per heavy atom. The molecular weight excluding hydrogens is 182 g/mol. The number of rotatable bonds is 1. The van der Waals surface area contributed by atoms with Crippen LogP contribution in [0, 0.1) is 0 Å². The van der Waals surface area contributed by atoms with Crippen molar-refractivity contribution in [1.82, 2.24) is 9.97 Å². The first-order chi connectivity index (χ1) is 5.52. The van der Waals surface area contributed by atoms with E-state index in [1.54, 1.807) is 0 Å². The predicted molar refractivity (Wildman–Crippen MR) is 39.7 cm³/mol. The first-order valence-electron chi connectivity index (χ1n) is 2.86. The third-order valence-corrected chi connectivity index (χ3v) is 1.83. The summed E-state index contributed by atoms with van der Waals surface area (Å²) in [6, 6.07) is 1.33. The van der Waals surface area contributed by atoms with Gasteiger partial charge in [-0.25, -0.2) is 23.5 Å². The van der Waals surface area contributed by atoms with Crippen molar-refractivity contribution >= 4 is 10.0 Å². The standard InChI is InChI=1S/C5H5N3O3S/c6-12(10,11)5-4(9)7-2-1-3-8-5/h1-3H,(H2,6,10,11). The van der Waals surface area contributed by atoms with Gasteiger partial charge in [-0.1, -0.05) is 0 Å². The Morgan fingerprint density at radius 2 is 1.83 bits per heavy atom. The zero-order valence-electron chi connectivity index (χ0n) is 5.84. The van der Waals surface area contributed by atoms with Gasteiger partial charge in [0.25, 0.3) is 10.0 Å². The van der Waals surface area contributed by atoms with Gasteiger partial charge < -0.3 is 0 Å². The van der Waals surface area contributed by atoms with Crippen LogP contribution in [-0.2, 0) is 10.0 Å². The van der Waals surface area contributed by atoms with Crippen molar-refractivity contribution in [2.45, 2.75) is 5.03 Å². The SMILES string of the molecule is NS(=O)(=O)c1ncccnc1=O. The molecule has 0 radical (unpaired) electrons. The van der Waals surface area contributed by atoms with Crippen LogP contribution in [0.3, 0.4) is 0 Å². The molecule has 0 aromatic carbocycles. The van der Waals surface area contributed by atoms with Gasteiger partial charge in [-0.2, -0.15) is 0 Å². The number of hydrogen-bond acceptors (Lipinski definition) is 5. The Labute approximate surface area is 68.1 Å². The second-order valence-corrected chi connectivity index (χ2v) is 3.38. The lowest BCUT2D eigenvalue weighted by molar-refractivity contribution is 0.592. The minimum atomic E-state index is -4.06. The smallest absolute Gasteiger partial charge is 0.264 e. The highest BCUT2D eigenvalue weighted by Gasteiger charge is 2.12. The molecule has 0 aliphatic heterocycles. The zero-order valence-corrected chi connectivity index (χ0v) is 6.65. The van der Waals surface area contributed by atoms with Crippen molar-refractivity contribution in [3.05, 3.63) is 28.8 Å². The van der Waals surface area contributed by atoms with E-state index in [0.29, 0.717) is 0 Å². The van der Waals surface area contributed by atoms with Gasteiger partial charge >= 0.3 is 5.56 Å². The van der Waals surface area contributed by atoms with E-state index in [9.17, 15) is 13.2 Å². The molecule has 0 fully saturated rings. The lowest BCUT2D eigenvalue weighted by Crippen LogP contribution is -2.22. The molecule has 1 heterocycles. The quantitative estimate of drug-likeness (QED) is 0.575. The minimum Gasteiger partial charge on any atom is -0.264 e. The summed E-state index contributed by atoms with van der Waals surface area (Å²) < 4.78 is 21.3. The van der Waals surface area contributed by atoms with Crippen molar-refractivity contribution in [3.8, 4) is 0 Å². The molecule has 0 aliphatic carbocycles. The van der Waals surface area contributed by atoms with Gasteiger partial charge in [0.2, 0.25) is 5.03 Å². The van der Waals surface area contributed by atoms with Crippen LogP contribution in [-0.4, -0.2) is 18.4 Å². The number of sulfonamides is 1. The van der Waals surface area contributed by atoms with Crippen molar-refractivity contribution < 1.29 is 8.42 Å². The molecular formula is C5H5N3O3S. The molecule has 0 atom stereocenters. The van der Waals surface area contributed by atoms with E-state index in [1.807, 2.05) is 0 Å². The van der Waals surface area contributed by atoms with Gasteiger partial charge in [0, 0.05) is 12.4 Å². The highest BCUT2D eigenvalue weighted by molar-refractivity contribution is 7.89. The maximum absolute atomic E-state index is 10.8. The highest BCUT2D eigenvalue weighted by Crippen LogP contribution is 1.89. The molecule has 64 valence electrons. The lowest BCUT2D eigenvalue weighted by Gasteiger charge is -1.87.